The van der Waals surface area contributed by atoms with Crippen molar-refractivity contribution in [2.75, 3.05) is 35.9 Å². The number of halogens is 1. The number of sulfonamides is 1. The molecule has 1 saturated heterocycles. The van der Waals surface area contributed by atoms with Gasteiger partial charge in [0, 0.05) is 25.0 Å². The molecule has 0 amide bonds. The SMILES string of the molecule is O=S(=O)(Nc1cc(F)cc(N2CCOCC2)c1)c1[nH]nc2ncccc12. The van der Waals surface area contributed by atoms with Gasteiger partial charge in [0.25, 0.3) is 10.0 Å². The van der Waals surface area contributed by atoms with Crippen molar-refractivity contribution in [3.63, 3.8) is 0 Å². The number of pyridine rings is 1. The molecule has 8 nitrogen and oxygen atoms in total. The molecule has 1 aliphatic heterocycles. The van der Waals surface area contributed by atoms with E-state index in [1.54, 1.807) is 18.2 Å². The molecule has 3 aromatic rings. The summed E-state index contributed by atoms with van der Waals surface area (Å²) in [6.07, 6.45) is 1.52. The molecule has 1 aromatic carbocycles. The molecule has 0 unspecified atom stereocenters. The summed E-state index contributed by atoms with van der Waals surface area (Å²) >= 11 is 0. The molecule has 10 heteroatoms. The zero-order valence-corrected chi connectivity index (χ0v) is 14.5. The summed E-state index contributed by atoms with van der Waals surface area (Å²) in [6.45, 7) is 2.33. The van der Waals surface area contributed by atoms with Gasteiger partial charge in [-0.05, 0) is 30.3 Å². The number of morpholine rings is 1. The summed E-state index contributed by atoms with van der Waals surface area (Å²) < 4.78 is 47.1. The number of hydrogen-bond acceptors (Lipinski definition) is 6. The first kappa shape index (κ1) is 16.7. The third kappa shape index (κ3) is 3.20. The molecule has 4 rings (SSSR count). The van der Waals surface area contributed by atoms with Crippen LogP contribution in [0.5, 0.6) is 0 Å². The number of fused-ring (bicyclic) bond motifs is 1. The lowest BCUT2D eigenvalue weighted by atomic mass is 10.2. The van der Waals surface area contributed by atoms with E-state index in [2.05, 4.69) is 19.9 Å². The molecular formula is C16H16FN5O3S. The number of benzene rings is 1. The van der Waals surface area contributed by atoms with E-state index in [9.17, 15) is 12.8 Å². The molecular weight excluding hydrogens is 361 g/mol. The molecule has 1 aliphatic rings. The predicted molar refractivity (Wildman–Crippen MR) is 94.1 cm³/mol. The number of nitrogens with one attached hydrogen (secondary N) is 2. The van der Waals surface area contributed by atoms with Gasteiger partial charge in [0.15, 0.2) is 10.7 Å². The summed E-state index contributed by atoms with van der Waals surface area (Å²) in [4.78, 5) is 5.94. The Morgan fingerprint density at radius 3 is 2.85 bits per heavy atom. The number of H-pyrrole nitrogens is 1. The third-order valence-corrected chi connectivity index (χ3v) is 5.43. The largest absolute Gasteiger partial charge is 0.378 e. The highest BCUT2D eigenvalue weighted by Gasteiger charge is 2.22. The first-order chi connectivity index (χ1) is 12.5. The second-order valence-corrected chi connectivity index (χ2v) is 7.45. The zero-order valence-electron chi connectivity index (χ0n) is 13.6. The molecule has 136 valence electrons. The van der Waals surface area contributed by atoms with Crippen molar-refractivity contribution >= 4 is 32.4 Å². The minimum Gasteiger partial charge on any atom is -0.378 e. The molecule has 0 radical (unpaired) electrons. The first-order valence-electron chi connectivity index (χ1n) is 7.98. The van der Waals surface area contributed by atoms with Gasteiger partial charge in [0.2, 0.25) is 0 Å². The van der Waals surface area contributed by atoms with E-state index in [1.807, 2.05) is 4.90 Å². The Morgan fingerprint density at radius 1 is 1.23 bits per heavy atom. The van der Waals surface area contributed by atoms with E-state index < -0.39 is 15.8 Å². The number of rotatable bonds is 4. The van der Waals surface area contributed by atoms with Crippen LogP contribution in [0.3, 0.4) is 0 Å². The molecule has 0 bridgehead atoms. The Labute approximate surface area is 149 Å². The van der Waals surface area contributed by atoms with Gasteiger partial charge in [0.05, 0.1) is 24.3 Å². The van der Waals surface area contributed by atoms with E-state index in [0.29, 0.717) is 43.0 Å². The smallest absolute Gasteiger partial charge is 0.279 e. The van der Waals surface area contributed by atoms with Crippen LogP contribution in [0.4, 0.5) is 15.8 Å². The fraction of sp³-hybridized carbons (Fsp3) is 0.250. The Kier molecular flexibility index (Phi) is 4.21. The van der Waals surface area contributed by atoms with Crippen molar-refractivity contribution in [1.82, 2.24) is 15.2 Å². The summed E-state index contributed by atoms with van der Waals surface area (Å²) in [6, 6.07) is 7.33. The van der Waals surface area contributed by atoms with E-state index >= 15 is 0 Å². The lowest BCUT2D eigenvalue weighted by molar-refractivity contribution is 0.122. The highest BCUT2D eigenvalue weighted by atomic mass is 32.2. The minimum absolute atomic E-state index is 0.113. The van der Waals surface area contributed by atoms with Crippen LogP contribution in [0.15, 0.2) is 41.6 Å². The van der Waals surface area contributed by atoms with E-state index in [-0.39, 0.29) is 10.7 Å². The molecule has 0 spiro atoms. The van der Waals surface area contributed by atoms with Gasteiger partial charge in [-0.1, -0.05) is 0 Å². The van der Waals surface area contributed by atoms with Crippen LogP contribution in [0, 0.1) is 5.82 Å². The van der Waals surface area contributed by atoms with Crippen molar-refractivity contribution in [2.24, 2.45) is 0 Å². The van der Waals surface area contributed by atoms with Crippen molar-refractivity contribution in [3.8, 4) is 0 Å². The van der Waals surface area contributed by atoms with Crippen LogP contribution in [0.2, 0.25) is 0 Å². The summed E-state index contributed by atoms with van der Waals surface area (Å²) in [5.74, 6) is -0.525. The second-order valence-electron chi connectivity index (χ2n) is 5.83. The molecule has 0 saturated carbocycles. The molecule has 0 atom stereocenters. The number of aromatic nitrogens is 3. The van der Waals surface area contributed by atoms with Gasteiger partial charge in [0.1, 0.15) is 5.82 Å². The Bertz CT molecular complexity index is 1050. The highest BCUT2D eigenvalue weighted by molar-refractivity contribution is 7.92. The standard InChI is InChI=1S/C16H16FN5O3S/c17-11-8-12(10-13(9-11)22-4-6-25-7-5-22)21-26(23,24)16-14-2-1-3-18-15(14)19-20-16/h1-3,8-10,21H,4-7H2,(H,18,19,20). The Balaban J connectivity index is 1.66. The Morgan fingerprint density at radius 2 is 2.04 bits per heavy atom. The number of nitrogens with zero attached hydrogens (tertiary/aromatic N) is 3. The number of ether oxygens (including phenoxy) is 1. The van der Waals surface area contributed by atoms with Crippen molar-refractivity contribution in [1.29, 1.82) is 0 Å². The van der Waals surface area contributed by atoms with Gasteiger partial charge < -0.3 is 9.64 Å². The molecule has 2 N–H and O–H groups in total. The van der Waals surface area contributed by atoms with Crippen LogP contribution < -0.4 is 9.62 Å². The molecule has 2 aromatic heterocycles. The summed E-state index contributed by atoms with van der Waals surface area (Å²) in [7, 11) is -3.98. The topological polar surface area (TPSA) is 100 Å². The Hall–Kier alpha value is -2.72. The third-order valence-electron chi connectivity index (χ3n) is 4.07. The van der Waals surface area contributed by atoms with Gasteiger partial charge in [-0.3, -0.25) is 9.82 Å². The minimum atomic E-state index is -3.98. The van der Waals surface area contributed by atoms with E-state index in [0.717, 1.165) is 6.07 Å². The van der Waals surface area contributed by atoms with E-state index in [1.165, 1.54) is 12.3 Å². The van der Waals surface area contributed by atoms with Gasteiger partial charge in [-0.25, -0.2) is 9.37 Å². The lowest BCUT2D eigenvalue weighted by Crippen LogP contribution is -2.36. The second kappa shape index (κ2) is 6.54. The first-order valence-corrected chi connectivity index (χ1v) is 9.46. The van der Waals surface area contributed by atoms with Crippen LogP contribution in [-0.4, -0.2) is 49.9 Å². The lowest BCUT2D eigenvalue weighted by Gasteiger charge is -2.29. The van der Waals surface area contributed by atoms with Gasteiger partial charge in [-0.2, -0.15) is 13.5 Å². The normalized spacial score (nSPS) is 15.3. The fourth-order valence-electron chi connectivity index (χ4n) is 2.88. The zero-order chi connectivity index (χ0) is 18.1. The molecule has 0 aliphatic carbocycles. The summed E-state index contributed by atoms with van der Waals surface area (Å²) in [5.41, 5.74) is 1.03. The molecule has 3 heterocycles. The quantitative estimate of drug-likeness (QED) is 0.718. The summed E-state index contributed by atoms with van der Waals surface area (Å²) in [5, 5.41) is 6.62. The average Bonchev–Trinajstić information content (AvgIpc) is 3.07. The van der Waals surface area contributed by atoms with Crippen LogP contribution in [0.25, 0.3) is 11.0 Å². The monoisotopic (exact) mass is 377 g/mol. The van der Waals surface area contributed by atoms with Crippen LogP contribution in [-0.2, 0) is 14.8 Å². The van der Waals surface area contributed by atoms with Gasteiger partial charge >= 0.3 is 0 Å². The average molecular weight is 377 g/mol. The number of anilines is 2. The number of hydrogen-bond donors (Lipinski definition) is 2. The predicted octanol–water partition coefficient (Wildman–Crippen LogP) is 1.73. The maximum atomic E-state index is 14.0. The van der Waals surface area contributed by atoms with Crippen molar-refractivity contribution in [2.45, 2.75) is 5.03 Å². The van der Waals surface area contributed by atoms with Crippen molar-refractivity contribution in [3.05, 3.63) is 42.3 Å². The molecule has 26 heavy (non-hydrogen) atoms. The van der Waals surface area contributed by atoms with Crippen LogP contribution in [0.1, 0.15) is 0 Å². The maximum absolute atomic E-state index is 14.0. The van der Waals surface area contributed by atoms with E-state index in [4.69, 9.17) is 4.74 Å². The van der Waals surface area contributed by atoms with Crippen molar-refractivity contribution < 1.29 is 17.5 Å². The fourth-order valence-corrected chi connectivity index (χ4v) is 4.02. The van der Waals surface area contributed by atoms with Gasteiger partial charge in [-0.15, -0.1) is 0 Å². The van der Waals surface area contributed by atoms with Crippen LogP contribution >= 0.6 is 0 Å². The maximum Gasteiger partial charge on any atom is 0.279 e. The molecule has 1 fully saturated rings. The highest BCUT2D eigenvalue weighted by Crippen LogP contribution is 2.26. The number of aromatic amines is 1.